The molecule has 1 aromatic carbocycles. The second-order valence-electron chi connectivity index (χ2n) is 3.78. The summed E-state index contributed by atoms with van der Waals surface area (Å²) in [7, 11) is 0. The number of hydrogen-bond donors (Lipinski definition) is 2. The van der Waals surface area contributed by atoms with E-state index in [9.17, 15) is 9.59 Å². The minimum Gasteiger partial charge on any atom is -0.481 e. The van der Waals surface area contributed by atoms with Gasteiger partial charge in [-0.15, -0.1) is 0 Å². The smallest absolute Gasteiger partial charge is 0.307 e. The molecule has 2 rings (SSSR count). The van der Waals surface area contributed by atoms with Crippen LogP contribution in [-0.4, -0.2) is 17.0 Å². The molecule has 0 saturated heterocycles. The largest absolute Gasteiger partial charge is 0.481 e. The number of primary amides is 1. The molecule has 15 heavy (non-hydrogen) atoms. The molecule has 1 saturated carbocycles. The van der Waals surface area contributed by atoms with E-state index in [4.69, 9.17) is 10.8 Å². The molecule has 1 aliphatic rings. The van der Waals surface area contributed by atoms with Crippen molar-refractivity contribution in [3.63, 3.8) is 0 Å². The predicted molar refractivity (Wildman–Crippen MR) is 53.4 cm³/mol. The van der Waals surface area contributed by atoms with Crippen LogP contribution in [0, 0.1) is 5.92 Å². The van der Waals surface area contributed by atoms with Gasteiger partial charge in [-0.25, -0.2) is 0 Å². The zero-order valence-electron chi connectivity index (χ0n) is 8.01. The summed E-state index contributed by atoms with van der Waals surface area (Å²) in [6.45, 7) is 0. The van der Waals surface area contributed by atoms with Gasteiger partial charge in [0.2, 0.25) is 5.91 Å². The molecule has 78 valence electrons. The number of carbonyl (C=O) groups excluding carboxylic acids is 1. The minimum atomic E-state index is -0.774. The van der Waals surface area contributed by atoms with E-state index in [-0.39, 0.29) is 11.8 Å². The molecule has 3 N–H and O–H groups in total. The molecule has 4 nitrogen and oxygen atoms in total. The van der Waals surface area contributed by atoms with Crippen LogP contribution >= 0.6 is 0 Å². The van der Waals surface area contributed by atoms with Gasteiger partial charge in [0.05, 0.1) is 5.92 Å². The second kappa shape index (κ2) is 3.38. The highest BCUT2D eigenvalue weighted by atomic mass is 16.4. The highest BCUT2D eigenvalue weighted by Gasteiger charge is 2.44. The summed E-state index contributed by atoms with van der Waals surface area (Å²) in [6.07, 6.45) is 0.650. The molecule has 0 bridgehead atoms. The van der Waals surface area contributed by atoms with Gasteiger partial charge in [0, 0.05) is 5.56 Å². The lowest BCUT2D eigenvalue weighted by Crippen LogP contribution is -2.11. The van der Waals surface area contributed by atoms with E-state index < -0.39 is 11.9 Å². The fourth-order valence-corrected chi connectivity index (χ4v) is 1.76. The molecule has 1 fully saturated rings. The molecule has 1 aliphatic carbocycles. The Morgan fingerprint density at radius 3 is 2.67 bits per heavy atom. The van der Waals surface area contributed by atoms with Gasteiger partial charge in [-0.2, -0.15) is 0 Å². The fraction of sp³-hybridized carbons (Fsp3) is 0.273. The van der Waals surface area contributed by atoms with Crippen LogP contribution in [0.1, 0.15) is 28.3 Å². The van der Waals surface area contributed by atoms with Gasteiger partial charge in [0.1, 0.15) is 0 Å². The molecule has 2 atom stereocenters. The highest BCUT2D eigenvalue weighted by Crippen LogP contribution is 2.47. The van der Waals surface area contributed by atoms with E-state index in [1.165, 1.54) is 0 Å². The van der Waals surface area contributed by atoms with Crippen LogP contribution in [-0.2, 0) is 4.79 Å². The molecular formula is C11H11NO3. The van der Waals surface area contributed by atoms with Crippen molar-refractivity contribution in [2.24, 2.45) is 11.7 Å². The lowest BCUT2D eigenvalue weighted by Gasteiger charge is -2.00. The number of carboxylic acids is 1. The molecule has 0 radical (unpaired) electrons. The van der Waals surface area contributed by atoms with Crippen molar-refractivity contribution in [2.45, 2.75) is 12.3 Å². The maximum Gasteiger partial charge on any atom is 0.307 e. The zero-order valence-corrected chi connectivity index (χ0v) is 8.01. The van der Waals surface area contributed by atoms with Gasteiger partial charge < -0.3 is 10.8 Å². The van der Waals surface area contributed by atoms with Crippen LogP contribution in [0.4, 0.5) is 0 Å². The van der Waals surface area contributed by atoms with Crippen molar-refractivity contribution in [1.29, 1.82) is 0 Å². The average Bonchev–Trinajstić information content (AvgIpc) is 2.97. The van der Waals surface area contributed by atoms with Gasteiger partial charge in [0.15, 0.2) is 0 Å². The molecule has 2 unspecified atom stereocenters. The highest BCUT2D eigenvalue weighted by molar-refractivity contribution is 5.93. The third-order valence-corrected chi connectivity index (χ3v) is 2.71. The normalized spacial score (nSPS) is 23.5. The Kier molecular flexibility index (Phi) is 2.19. The van der Waals surface area contributed by atoms with Gasteiger partial charge >= 0.3 is 5.97 Å². The van der Waals surface area contributed by atoms with Crippen molar-refractivity contribution >= 4 is 11.9 Å². The number of aliphatic carboxylic acids is 1. The number of nitrogens with two attached hydrogens (primary N) is 1. The van der Waals surface area contributed by atoms with Gasteiger partial charge in [-0.1, -0.05) is 12.1 Å². The van der Waals surface area contributed by atoms with E-state index in [1.807, 2.05) is 6.07 Å². The van der Waals surface area contributed by atoms with Gasteiger partial charge in [0.25, 0.3) is 0 Å². The van der Waals surface area contributed by atoms with E-state index in [1.54, 1.807) is 18.2 Å². The van der Waals surface area contributed by atoms with Crippen molar-refractivity contribution in [2.75, 3.05) is 0 Å². The first-order chi connectivity index (χ1) is 7.09. The number of hydrogen-bond acceptors (Lipinski definition) is 2. The first-order valence-electron chi connectivity index (χ1n) is 4.72. The lowest BCUT2D eigenvalue weighted by molar-refractivity contribution is -0.138. The molecular weight excluding hydrogens is 194 g/mol. The topological polar surface area (TPSA) is 80.4 Å². The van der Waals surface area contributed by atoms with Crippen LogP contribution in [0.2, 0.25) is 0 Å². The monoisotopic (exact) mass is 205 g/mol. The maximum absolute atomic E-state index is 10.9. The average molecular weight is 205 g/mol. The molecule has 4 heteroatoms. The Bertz CT molecular complexity index is 428. The molecule has 0 spiro atoms. The third kappa shape index (κ3) is 1.83. The number of amides is 1. The summed E-state index contributed by atoms with van der Waals surface area (Å²) in [5.74, 6) is -1.51. The Morgan fingerprint density at radius 1 is 1.40 bits per heavy atom. The first-order valence-corrected chi connectivity index (χ1v) is 4.72. The van der Waals surface area contributed by atoms with Crippen LogP contribution in [0.15, 0.2) is 24.3 Å². The van der Waals surface area contributed by atoms with Crippen LogP contribution in [0.25, 0.3) is 0 Å². The standard InChI is InChI=1S/C11H11NO3/c12-10(13)7-3-1-2-6(4-7)8-5-9(8)11(14)15/h1-4,8-9H,5H2,(H2,12,13)(H,14,15). The fourth-order valence-electron chi connectivity index (χ4n) is 1.76. The first kappa shape index (κ1) is 9.71. The summed E-state index contributed by atoms with van der Waals surface area (Å²) in [5, 5.41) is 8.77. The maximum atomic E-state index is 10.9. The van der Waals surface area contributed by atoms with E-state index in [0.717, 1.165) is 5.56 Å². The van der Waals surface area contributed by atoms with Gasteiger partial charge in [-0.3, -0.25) is 9.59 Å². The predicted octanol–water partition coefficient (Wildman–Crippen LogP) is 0.974. The Hall–Kier alpha value is -1.84. The molecule has 1 aromatic rings. The SMILES string of the molecule is NC(=O)c1cccc(C2CC2C(=O)O)c1. The lowest BCUT2D eigenvalue weighted by atomic mass is 10.1. The molecule has 0 heterocycles. The quantitative estimate of drug-likeness (QED) is 0.771. The van der Waals surface area contributed by atoms with Crippen LogP contribution < -0.4 is 5.73 Å². The number of benzene rings is 1. The Labute approximate surface area is 86.7 Å². The Morgan fingerprint density at radius 2 is 2.13 bits per heavy atom. The molecule has 0 aromatic heterocycles. The van der Waals surface area contributed by atoms with Crippen molar-refractivity contribution < 1.29 is 14.7 Å². The van der Waals surface area contributed by atoms with Crippen molar-refractivity contribution in [1.82, 2.24) is 0 Å². The Balaban J connectivity index is 2.20. The number of carboxylic acid groups (broad SMARTS) is 1. The molecule has 0 aliphatic heterocycles. The summed E-state index contributed by atoms with van der Waals surface area (Å²) in [5.41, 5.74) is 6.46. The summed E-state index contributed by atoms with van der Waals surface area (Å²) in [4.78, 5) is 21.6. The summed E-state index contributed by atoms with van der Waals surface area (Å²) in [6, 6.07) is 6.87. The van der Waals surface area contributed by atoms with Crippen molar-refractivity contribution in [3.05, 3.63) is 35.4 Å². The van der Waals surface area contributed by atoms with Gasteiger partial charge in [-0.05, 0) is 30.0 Å². The number of carbonyl (C=O) groups is 2. The third-order valence-electron chi connectivity index (χ3n) is 2.71. The summed E-state index contributed by atoms with van der Waals surface area (Å²) < 4.78 is 0. The molecule has 1 amide bonds. The van der Waals surface area contributed by atoms with Crippen molar-refractivity contribution in [3.8, 4) is 0 Å². The van der Waals surface area contributed by atoms with Crippen LogP contribution in [0.5, 0.6) is 0 Å². The second-order valence-corrected chi connectivity index (χ2v) is 3.78. The van der Waals surface area contributed by atoms with E-state index in [0.29, 0.717) is 12.0 Å². The summed E-state index contributed by atoms with van der Waals surface area (Å²) >= 11 is 0. The van der Waals surface area contributed by atoms with E-state index >= 15 is 0 Å². The van der Waals surface area contributed by atoms with Crippen LogP contribution in [0.3, 0.4) is 0 Å². The zero-order chi connectivity index (χ0) is 11.0. The minimum absolute atomic E-state index is 0.0433. The van der Waals surface area contributed by atoms with E-state index in [2.05, 4.69) is 0 Å². The number of rotatable bonds is 3.